The van der Waals surface area contributed by atoms with Gasteiger partial charge < -0.3 is 4.74 Å². The number of sulfonamides is 1. The SMILES string of the molecule is COC(=O)c1ccc(CN(c2cccc(C)c2)S(=O)(=O)C2CCCCC2)nc1. The summed E-state index contributed by atoms with van der Waals surface area (Å²) in [7, 11) is -2.21. The number of rotatable bonds is 6. The van der Waals surface area contributed by atoms with E-state index in [4.69, 9.17) is 0 Å². The van der Waals surface area contributed by atoms with Gasteiger partial charge in [-0.05, 0) is 49.6 Å². The fourth-order valence-corrected chi connectivity index (χ4v) is 5.57. The zero-order chi connectivity index (χ0) is 20.1. The van der Waals surface area contributed by atoms with E-state index in [1.54, 1.807) is 12.1 Å². The van der Waals surface area contributed by atoms with E-state index < -0.39 is 16.0 Å². The zero-order valence-electron chi connectivity index (χ0n) is 16.3. The molecule has 1 aliphatic rings. The lowest BCUT2D eigenvalue weighted by atomic mass is 10.0. The van der Waals surface area contributed by atoms with E-state index in [-0.39, 0.29) is 11.8 Å². The summed E-state index contributed by atoms with van der Waals surface area (Å²) in [6.45, 7) is 2.07. The zero-order valence-corrected chi connectivity index (χ0v) is 17.1. The molecule has 1 aromatic heterocycles. The van der Waals surface area contributed by atoms with Crippen LogP contribution in [0, 0.1) is 6.92 Å². The molecule has 0 bridgehead atoms. The first-order valence-electron chi connectivity index (χ1n) is 9.53. The Morgan fingerprint density at radius 3 is 2.54 bits per heavy atom. The van der Waals surface area contributed by atoms with Crippen molar-refractivity contribution in [1.82, 2.24) is 4.98 Å². The van der Waals surface area contributed by atoms with E-state index in [0.717, 1.165) is 24.8 Å². The lowest BCUT2D eigenvalue weighted by Crippen LogP contribution is -2.39. The van der Waals surface area contributed by atoms with Crippen LogP contribution in [0.5, 0.6) is 0 Å². The van der Waals surface area contributed by atoms with Crippen LogP contribution in [0.1, 0.15) is 53.7 Å². The molecule has 0 radical (unpaired) electrons. The van der Waals surface area contributed by atoms with Crippen molar-refractivity contribution in [2.24, 2.45) is 0 Å². The molecule has 0 saturated heterocycles. The van der Waals surface area contributed by atoms with Crippen molar-refractivity contribution in [3.8, 4) is 0 Å². The Morgan fingerprint density at radius 2 is 1.93 bits per heavy atom. The molecular weight excluding hydrogens is 376 g/mol. The summed E-state index contributed by atoms with van der Waals surface area (Å²) < 4.78 is 33.1. The number of nitrogens with zero attached hydrogens (tertiary/aromatic N) is 2. The van der Waals surface area contributed by atoms with Gasteiger partial charge in [0.1, 0.15) is 0 Å². The second-order valence-electron chi connectivity index (χ2n) is 7.18. The van der Waals surface area contributed by atoms with Gasteiger partial charge in [-0.3, -0.25) is 9.29 Å². The molecule has 0 atom stereocenters. The molecule has 0 amide bonds. The summed E-state index contributed by atoms with van der Waals surface area (Å²) in [5.74, 6) is -0.468. The molecule has 0 N–H and O–H groups in total. The highest BCUT2D eigenvalue weighted by molar-refractivity contribution is 7.93. The van der Waals surface area contributed by atoms with Crippen LogP contribution in [0.4, 0.5) is 5.69 Å². The Balaban J connectivity index is 1.93. The maximum atomic E-state index is 13.4. The number of aromatic nitrogens is 1. The Morgan fingerprint density at radius 1 is 1.18 bits per heavy atom. The number of ether oxygens (including phenoxy) is 1. The third-order valence-corrected chi connectivity index (χ3v) is 7.39. The number of benzene rings is 1. The lowest BCUT2D eigenvalue weighted by molar-refractivity contribution is 0.0600. The van der Waals surface area contributed by atoms with Crippen molar-refractivity contribution < 1.29 is 17.9 Å². The summed E-state index contributed by atoms with van der Waals surface area (Å²) in [5, 5.41) is -0.365. The fraction of sp³-hybridized carbons (Fsp3) is 0.429. The first-order valence-corrected chi connectivity index (χ1v) is 11.0. The quantitative estimate of drug-likeness (QED) is 0.686. The van der Waals surface area contributed by atoms with E-state index in [9.17, 15) is 13.2 Å². The number of methoxy groups -OCH3 is 1. The smallest absolute Gasteiger partial charge is 0.339 e. The van der Waals surface area contributed by atoms with Crippen molar-refractivity contribution in [2.75, 3.05) is 11.4 Å². The van der Waals surface area contributed by atoms with Gasteiger partial charge in [0.15, 0.2) is 0 Å². The van der Waals surface area contributed by atoms with Gasteiger partial charge in [0.25, 0.3) is 0 Å². The van der Waals surface area contributed by atoms with E-state index >= 15 is 0 Å². The van der Waals surface area contributed by atoms with E-state index in [2.05, 4.69) is 9.72 Å². The summed E-state index contributed by atoms with van der Waals surface area (Å²) in [6, 6.07) is 10.8. The fourth-order valence-electron chi connectivity index (χ4n) is 3.56. The molecule has 2 aromatic rings. The van der Waals surface area contributed by atoms with Gasteiger partial charge in [-0.1, -0.05) is 31.4 Å². The number of hydrogen-bond donors (Lipinski definition) is 0. The Hall–Kier alpha value is -2.41. The van der Waals surface area contributed by atoms with Gasteiger partial charge in [-0.2, -0.15) is 0 Å². The van der Waals surface area contributed by atoms with Crippen LogP contribution in [0.25, 0.3) is 0 Å². The average Bonchev–Trinajstić information content (AvgIpc) is 2.72. The number of carbonyl (C=O) groups excluding carboxylic acids is 1. The van der Waals surface area contributed by atoms with Crippen molar-refractivity contribution >= 4 is 21.7 Å². The Kier molecular flexibility index (Phi) is 6.34. The first kappa shape index (κ1) is 20.3. The second-order valence-corrected chi connectivity index (χ2v) is 9.32. The second kappa shape index (κ2) is 8.73. The minimum absolute atomic E-state index is 0.129. The average molecular weight is 403 g/mol. The van der Waals surface area contributed by atoms with E-state index in [1.165, 1.54) is 17.6 Å². The topological polar surface area (TPSA) is 76.6 Å². The lowest BCUT2D eigenvalue weighted by Gasteiger charge is -2.31. The van der Waals surface area contributed by atoms with Gasteiger partial charge in [-0.15, -0.1) is 0 Å². The monoisotopic (exact) mass is 402 g/mol. The molecule has 0 unspecified atom stereocenters. The number of aryl methyl sites for hydroxylation is 1. The highest BCUT2D eigenvalue weighted by Crippen LogP contribution is 2.30. The van der Waals surface area contributed by atoms with Crippen LogP contribution in [-0.2, 0) is 21.3 Å². The molecular formula is C21H26N2O4S. The van der Waals surface area contributed by atoms with E-state index in [1.807, 2.05) is 31.2 Å². The molecule has 1 aromatic carbocycles. The minimum Gasteiger partial charge on any atom is -0.465 e. The maximum Gasteiger partial charge on any atom is 0.339 e. The largest absolute Gasteiger partial charge is 0.465 e. The van der Waals surface area contributed by atoms with Crippen molar-refractivity contribution in [3.63, 3.8) is 0 Å². The van der Waals surface area contributed by atoms with Gasteiger partial charge in [-0.25, -0.2) is 13.2 Å². The molecule has 7 heteroatoms. The summed E-state index contributed by atoms with van der Waals surface area (Å²) >= 11 is 0. The first-order chi connectivity index (χ1) is 13.4. The van der Waals surface area contributed by atoms with Gasteiger partial charge in [0.05, 0.1) is 35.8 Å². The Bertz CT molecular complexity index is 920. The van der Waals surface area contributed by atoms with Crippen LogP contribution in [0.2, 0.25) is 0 Å². The Labute approximate surface area is 166 Å². The van der Waals surface area contributed by atoms with Crippen LogP contribution in [0.3, 0.4) is 0 Å². The van der Waals surface area contributed by atoms with Gasteiger partial charge >= 0.3 is 5.97 Å². The van der Waals surface area contributed by atoms with Crippen LogP contribution >= 0.6 is 0 Å². The van der Waals surface area contributed by atoms with Crippen LogP contribution in [0.15, 0.2) is 42.6 Å². The van der Waals surface area contributed by atoms with Crippen molar-refractivity contribution in [3.05, 3.63) is 59.4 Å². The highest BCUT2D eigenvalue weighted by atomic mass is 32.2. The molecule has 6 nitrogen and oxygen atoms in total. The van der Waals surface area contributed by atoms with Crippen molar-refractivity contribution in [1.29, 1.82) is 0 Å². The summed E-state index contributed by atoms with van der Waals surface area (Å²) in [4.78, 5) is 15.9. The highest BCUT2D eigenvalue weighted by Gasteiger charge is 2.33. The maximum absolute atomic E-state index is 13.4. The molecule has 1 aliphatic carbocycles. The number of hydrogen-bond acceptors (Lipinski definition) is 5. The minimum atomic E-state index is -3.52. The normalized spacial score (nSPS) is 15.2. The summed E-state index contributed by atoms with van der Waals surface area (Å²) in [6.07, 6.45) is 5.78. The number of anilines is 1. The molecule has 150 valence electrons. The molecule has 1 saturated carbocycles. The molecule has 3 rings (SSSR count). The summed E-state index contributed by atoms with van der Waals surface area (Å²) in [5.41, 5.74) is 2.55. The third-order valence-electron chi connectivity index (χ3n) is 5.12. The molecule has 0 spiro atoms. The number of pyridine rings is 1. The predicted octanol–water partition coefficient (Wildman–Crippen LogP) is 3.85. The standard InChI is InChI=1S/C21H26N2O4S/c1-16-7-6-8-19(13-16)23(28(25,26)20-9-4-3-5-10-20)15-18-12-11-17(14-22-18)21(24)27-2/h6-8,11-14,20H,3-5,9-10,15H2,1-2H3. The third kappa shape index (κ3) is 4.52. The van der Waals surface area contributed by atoms with Crippen molar-refractivity contribution in [2.45, 2.75) is 50.8 Å². The molecule has 1 fully saturated rings. The van der Waals surface area contributed by atoms with Crippen LogP contribution < -0.4 is 4.31 Å². The van der Waals surface area contributed by atoms with E-state index in [0.29, 0.717) is 29.8 Å². The van der Waals surface area contributed by atoms with Crippen LogP contribution in [-0.4, -0.2) is 31.7 Å². The van der Waals surface area contributed by atoms with Gasteiger partial charge in [0, 0.05) is 6.20 Å². The number of esters is 1. The van der Waals surface area contributed by atoms with Gasteiger partial charge in [0.2, 0.25) is 10.0 Å². The predicted molar refractivity (Wildman–Crippen MR) is 109 cm³/mol. The molecule has 1 heterocycles. The molecule has 0 aliphatic heterocycles. The molecule has 28 heavy (non-hydrogen) atoms. The number of carbonyl (C=O) groups is 1.